The summed E-state index contributed by atoms with van der Waals surface area (Å²) in [6, 6.07) is 28.7. The highest BCUT2D eigenvalue weighted by molar-refractivity contribution is 5.68. The molecule has 3 aromatic carbocycles. The molecule has 33 heavy (non-hydrogen) atoms. The number of para-hydroxylation sites is 1. The molecule has 0 amide bonds. The lowest BCUT2D eigenvalue weighted by molar-refractivity contribution is 0.234. The van der Waals surface area contributed by atoms with Gasteiger partial charge < -0.3 is 4.90 Å². The highest BCUT2D eigenvalue weighted by Gasteiger charge is 2.27. The fourth-order valence-corrected chi connectivity index (χ4v) is 5.11. The van der Waals surface area contributed by atoms with Crippen LogP contribution in [0.25, 0.3) is 11.1 Å². The summed E-state index contributed by atoms with van der Waals surface area (Å²) in [7, 11) is 0. The second kappa shape index (κ2) is 9.73. The van der Waals surface area contributed by atoms with E-state index in [0.29, 0.717) is 0 Å². The quantitative estimate of drug-likeness (QED) is 0.402. The lowest BCUT2D eigenvalue weighted by Gasteiger charge is -2.39. The fourth-order valence-electron chi connectivity index (χ4n) is 5.11. The van der Waals surface area contributed by atoms with E-state index in [1.54, 1.807) is 0 Å². The predicted octanol–water partition coefficient (Wildman–Crippen LogP) is 7.14. The number of piperazine rings is 1. The number of rotatable bonds is 6. The lowest BCUT2D eigenvalue weighted by Crippen LogP contribution is -2.47. The molecule has 0 N–H and O–H groups in total. The van der Waals surface area contributed by atoms with Crippen molar-refractivity contribution >= 4 is 5.69 Å². The first kappa shape index (κ1) is 23.6. The van der Waals surface area contributed by atoms with Gasteiger partial charge in [-0.05, 0) is 52.1 Å². The van der Waals surface area contributed by atoms with Crippen molar-refractivity contribution in [3.8, 4) is 11.1 Å². The Balaban J connectivity index is 1.40. The maximum atomic E-state index is 2.66. The molecule has 0 unspecified atom stereocenters. The van der Waals surface area contributed by atoms with Crippen LogP contribution in [0.1, 0.15) is 52.2 Å². The van der Waals surface area contributed by atoms with E-state index in [0.717, 1.165) is 39.1 Å². The predicted molar refractivity (Wildman–Crippen MR) is 143 cm³/mol. The average Bonchev–Trinajstić information content (AvgIpc) is 2.83. The van der Waals surface area contributed by atoms with Gasteiger partial charge in [-0.15, -0.1) is 0 Å². The van der Waals surface area contributed by atoms with E-state index in [1.165, 1.54) is 27.9 Å². The van der Waals surface area contributed by atoms with Gasteiger partial charge in [-0.3, -0.25) is 4.90 Å². The maximum Gasteiger partial charge on any atom is 0.0405 e. The smallest absolute Gasteiger partial charge is 0.0405 e. The Morgan fingerprint density at radius 1 is 0.636 bits per heavy atom. The second-order valence-electron chi connectivity index (χ2n) is 11.1. The van der Waals surface area contributed by atoms with Gasteiger partial charge in [-0.25, -0.2) is 0 Å². The van der Waals surface area contributed by atoms with E-state index in [9.17, 15) is 0 Å². The zero-order valence-electron chi connectivity index (χ0n) is 21.1. The van der Waals surface area contributed by atoms with Gasteiger partial charge in [-0.1, -0.05) is 107 Å². The molecule has 3 aromatic rings. The van der Waals surface area contributed by atoms with Gasteiger partial charge in [0.25, 0.3) is 0 Å². The van der Waals surface area contributed by atoms with Crippen molar-refractivity contribution in [2.45, 2.75) is 51.9 Å². The molecule has 1 heterocycles. The molecule has 0 atom stereocenters. The van der Waals surface area contributed by atoms with Crippen LogP contribution in [-0.4, -0.2) is 37.6 Å². The van der Waals surface area contributed by atoms with E-state index in [2.05, 4.69) is 123 Å². The molecule has 0 aliphatic carbocycles. The van der Waals surface area contributed by atoms with Crippen LogP contribution in [0, 0.1) is 0 Å². The number of hydrogen-bond acceptors (Lipinski definition) is 2. The molecule has 2 heteroatoms. The van der Waals surface area contributed by atoms with Gasteiger partial charge in [0.15, 0.2) is 0 Å². The van der Waals surface area contributed by atoms with Crippen LogP contribution in [0.2, 0.25) is 0 Å². The number of hydrogen-bond donors (Lipinski definition) is 0. The first-order valence-corrected chi connectivity index (χ1v) is 12.5. The topological polar surface area (TPSA) is 6.48 Å². The molecule has 0 aromatic heterocycles. The molecule has 1 saturated heterocycles. The van der Waals surface area contributed by atoms with Gasteiger partial charge in [0, 0.05) is 31.9 Å². The molecule has 0 bridgehead atoms. The number of benzene rings is 3. The Hall–Kier alpha value is -2.58. The molecule has 174 valence electrons. The molecule has 1 fully saturated rings. The highest BCUT2D eigenvalue weighted by Crippen LogP contribution is 2.36. The third kappa shape index (κ3) is 5.50. The summed E-state index contributed by atoms with van der Waals surface area (Å²) in [6.45, 7) is 17.4. The zero-order chi connectivity index (χ0) is 23.5. The third-order valence-corrected chi connectivity index (χ3v) is 7.22. The minimum atomic E-state index is 0.127. The summed E-state index contributed by atoms with van der Waals surface area (Å²) >= 11 is 0. The Labute approximate surface area is 201 Å². The van der Waals surface area contributed by atoms with Gasteiger partial charge in [-0.2, -0.15) is 0 Å². The van der Waals surface area contributed by atoms with Crippen molar-refractivity contribution in [1.82, 2.24) is 4.90 Å². The van der Waals surface area contributed by atoms with Crippen LogP contribution in [0.3, 0.4) is 0 Å². The second-order valence-corrected chi connectivity index (χ2v) is 11.1. The standard InChI is InChI=1S/C31H40N2/c1-30(2,3)28-17-11-12-18-29(28)33-23-21-32(22-24-33)20-19-31(4,5)27-16-10-9-15-26(27)25-13-7-6-8-14-25/h6-18H,19-24H2,1-5H3. The van der Waals surface area contributed by atoms with Crippen molar-refractivity contribution in [2.24, 2.45) is 0 Å². The number of anilines is 1. The van der Waals surface area contributed by atoms with E-state index >= 15 is 0 Å². The Morgan fingerprint density at radius 2 is 1.21 bits per heavy atom. The summed E-state index contributed by atoms with van der Waals surface area (Å²) in [5.74, 6) is 0. The number of nitrogens with zero attached hydrogens (tertiary/aromatic N) is 2. The zero-order valence-corrected chi connectivity index (χ0v) is 21.1. The van der Waals surface area contributed by atoms with E-state index in [4.69, 9.17) is 0 Å². The van der Waals surface area contributed by atoms with Crippen LogP contribution in [-0.2, 0) is 10.8 Å². The minimum Gasteiger partial charge on any atom is -0.369 e. The largest absolute Gasteiger partial charge is 0.369 e. The van der Waals surface area contributed by atoms with Crippen molar-refractivity contribution < 1.29 is 0 Å². The van der Waals surface area contributed by atoms with E-state index in [1.807, 2.05) is 0 Å². The Morgan fingerprint density at radius 3 is 1.88 bits per heavy atom. The minimum absolute atomic E-state index is 0.127. The molecule has 0 radical (unpaired) electrons. The van der Waals surface area contributed by atoms with Crippen LogP contribution in [0.4, 0.5) is 5.69 Å². The van der Waals surface area contributed by atoms with Gasteiger partial charge in [0.2, 0.25) is 0 Å². The molecular formula is C31H40N2. The van der Waals surface area contributed by atoms with Crippen molar-refractivity contribution in [1.29, 1.82) is 0 Å². The fraction of sp³-hybridized carbons (Fsp3) is 0.419. The summed E-state index contributed by atoms with van der Waals surface area (Å²) < 4.78 is 0. The third-order valence-electron chi connectivity index (χ3n) is 7.22. The van der Waals surface area contributed by atoms with E-state index < -0.39 is 0 Å². The maximum absolute atomic E-state index is 2.66. The van der Waals surface area contributed by atoms with Gasteiger partial charge in [0.1, 0.15) is 0 Å². The monoisotopic (exact) mass is 440 g/mol. The highest BCUT2D eigenvalue weighted by atomic mass is 15.3. The molecule has 0 spiro atoms. The Bertz CT molecular complexity index is 1040. The summed E-state index contributed by atoms with van der Waals surface area (Å²) in [4.78, 5) is 5.25. The molecular weight excluding hydrogens is 400 g/mol. The summed E-state index contributed by atoms with van der Waals surface area (Å²) in [5.41, 5.74) is 7.30. The molecule has 2 nitrogen and oxygen atoms in total. The Kier molecular flexibility index (Phi) is 6.95. The van der Waals surface area contributed by atoms with Crippen molar-refractivity contribution in [2.75, 3.05) is 37.6 Å². The molecule has 1 aliphatic heterocycles. The summed E-state index contributed by atoms with van der Waals surface area (Å²) in [5, 5.41) is 0. The molecule has 1 aliphatic rings. The molecule has 0 saturated carbocycles. The normalized spacial score (nSPS) is 15.6. The lowest BCUT2D eigenvalue weighted by atomic mass is 9.77. The van der Waals surface area contributed by atoms with Crippen LogP contribution < -0.4 is 4.90 Å². The van der Waals surface area contributed by atoms with Gasteiger partial charge >= 0.3 is 0 Å². The van der Waals surface area contributed by atoms with Crippen molar-refractivity contribution in [3.05, 3.63) is 90.0 Å². The van der Waals surface area contributed by atoms with Crippen molar-refractivity contribution in [3.63, 3.8) is 0 Å². The van der Waals surface area contributed by atoms with Crippen LogP contribution >= 0.6 is 0 Å². The summed E-state index contributed by atoms with van der Waals surface area (Å²) in [6.07, 6.45) is 1.16. The SMILES string of the molecule is CC(C)(C)c1ccccc1N1CCN(CCC(C)(C)c2ccccc2-c2ccccc2)CC1. The van der Waals surface area contributed by atoms with Gasteiger partial charge in [0.05, 0.1) is 0 Å². The van der Waals surface area contributed by atoms with E-state index in [-0.39, 0.29) is 10.8 Å². The average molecular weight is 441 g/mol. The first-order chi connectivity index (χ1) is 15.8. The van der Waals surface area contributed by atoms with Crippen LogP contribution in [0.5, 0.6) is 0 Å². The van der Waals surface area contributed by atoms with Crippen LogP contribution in [0.15, 0.2) is 78.9 Å². The molecule has 4 rings (SSSR count). The first-order valence-electron chi connectivity index (χ1n) is 12.5.